The normalized spacial score (nSPS) is 10.7. The summed E-state index contributed by atoms with van der Waals surface area (Å²) in [5, 5.41) is 0. The number of allylic oxidation sites excluding steroid dienone is 4. The fraction of sp³-hybridized carbons (Fsp3) is 0.789. The molecule has 0 saturated carbocycles. The van der Waals surface area contributed by atoms with E-state index in [4.69, 9.17) is 5.73 Å². The number of rotatable bonds is 5. The van der Waals surface area contributed by atoms with Gasteiger partial charge in [-0.1, -0.05) is 92.5 Å². The molecule has 0 aromatic rings. The van der Waals surface area contributed by atoms with Crippen LogP contribution in [0.5, 0.6) is 0 Å². The van der Waals surface area contributed by atoms with Crippen LogP contribution in [-0.2, 0) is 0 Å². The van der Waals surface area contributed by atoms with E-state index in [0.717, 1.165) is 19.4 Å². The summed E-state index contributed by atoms with van der Waals surface area (Å²) in [5.41, 5.74) is 7.41. The quantitative estimate of drug-likeness (QED) is 0.556. The van der Waals surface area contributed by atoms with Crippen molar-refractivity contribution in [2.75, 3.05) is 6.54 Å². The standard InChI is InChI=1S/C12H23N.C3H8.2C2H6/c1-5-7-8-11(6-2)9-12(3,4)10-13;1-3-2;2*1-2/h5,7-8H,6,9-10,13H2,1-4H3;3H2,1-2H3;2*1-2H3/b7-5-,11-8+;;;. The Kier molecular flexibility index (Phi) is 32.6. The zero-order chi connectivity index (χ0) is 17.0. The maximum atomic E-state index is 5.69. The monoisotopic (exact) mass is 285 g/mol. The Morgan fingerprint density at radius 3 is 1.65 bits per heavy atom. The number of nitrogens with two attached hydrogens (primary N) is 1. The van der Waals surface area contributed by atoms with Crippen LogP contribution in [-0.4, -0.2) is 6.54 Å². The highest BCUT2D eigenvalue weighted by atomic mass is 14.6. The SMILES string of the molecule is C/C=C\C=C(/CC)CC(C)(C)CN.CC.CC.CCC. The van der Waals surface area contributed by atoms with Crippen LogP contribution < -0.4 is 5.73 Å². The predicted molar refractivity (Wildman–Crippen MR) is 99.3 cm³/mol. The van der Waals surface area contributed by atoms with Gasteiger partial charge in [0.15, 0.2) is 0 Å². The molecule has 1 heteroatoms. The van der Waals surface area contributed by atoms with E-state index in [1.54, 1.807) is 0 Å². The first-order chi connectivity index (χ1) is 9.47. The van der Waals surface area contributed by atoms with E-state index in [0.29, 0.717) is 0 Å². The third-order valence-corrected chi connectivity index (χ3v) is 2.24. The Bertz CT molecular complexity index is 200. The molecular weight excluding hydrogens is 242 g/mol. The average Bonchev–Trinajstić information content (AvgIpc) is 2.48. The third-order valence-electron chi connectivity index (χ3n) is 2.24. The van der Waals surface area contributed by atoms with Crippen LogP contribution in [0.3, 0.4) is 0 Å². The Hall–Kier alpha value is -0.560. The lowest BCUT2D eigenvalue weighted by Crippen LogP contribution is -2.23. The lowest BCUT2D eigenvalue weighted by atomic mass is 9.85. The fourth-order valence-corrected chi connectivity index (χ4v) is 1.22. The Labute approximate surface area is 130 Å². The molecule has 0 aromatic heterocycles. The lowest BCUT2D eigenvalue weighted by molar-refractivity contribution is 0.372. The second kappa shape index (κ2) is 23.5. The minimum absolute atomic E-state index is 0.240. The molecule has 20 heavy (non-hydrogen) atoms. The molecule has 0 aliphatic heterocycles. The lowest BCUT2D eigenvalue weighted by Gasteiger charge is -2.23. The highest BCUT2D eigenvalue weighted by Crippen LogP contribution is 2.25. The van der Waals surface area contributed by atoms with E-state index in [-0.39, 0.29) is 5.41 Å². The largest absolute Gasteiger partial charge is 0.330 e. The molecule has 0 heterocycles. The van der Waals surface area contributed by atoms with Crippen LogP contribution in [0.25, 0.3) is 0 Å². The molecule has 0 unspecified atom stereocenters. The Morgan fingerprint density at radius 2 is 1.40 bits per heavy atom. The Morgan fingerprint density at radius 1 is 1.00 bits per heavy atom. The van der Waals surface area contributed by atoms with Crippen molar-refractivity contribution in [3.05, 3.63) is 23.8 Å². The van der Waals surface area contributed by atoms with E-state index >= 15 is 0 Å². The van der Waals surface area contributed by atoms with E-state index < -0.39 is 0 Å². The molecule has 0 amide bonds. The summed E-state index contributed by atoms with van der Waals surface area (Å²) in [6, 6.07) is 0. The predicted octanol–water partition coefficient (Wildman–Crippen LogP) is 6.74. The fourth-order valence-electron chi connectivity index (χ4n) is 1.22. The van der Waals surface area contributed by atoms with Gasteiger partial charge in [-0.3, -0.25) is 0 Å². The zero-order valence-electron chi connectivity index (χ0n) is 16.1. The van der Waals surface area contributed by atoms with E-state index in [9.17, 15) is 0 Å². The van der Waals surface area contributed by atoms with Crippen LogP contribution in [0.15, 0.2) is 23.8 Å². The molecule has 0 aliphatic rings. The molecule has 0 rings (SSSR count). The molecule has 2 N–H and O–H groups in total. The molecule has 0 aliphatic carbocycles. The Balaban J connectivity index is -0.000000155. The van der Waals surface area contributed by atoms with Crippen LogP contribution >= 0.6 is 0 Å². The molecule has 0 saturated heterocycles. The van der Waals surface area contributed by atoms with Gasteiger partial charge >= 0.3 is 0 Å². The number of hydrogen-bond acceptors (Lipinski definition) is 1. The summed E-state index contributed by atoms with van der Waals surface area (Å²) in [7, 11) is 0. The summed E-state index contributed by atoms with van der Waals surface area (Å²) in [6.45, 7) is 21.7. The van der Waals surface area contributed by atoms with Crippen molar-refractivity contribution in [1.29, 1.82) is 0 Å². The molecule has 0 aromatic carbocycles. The van der Waals surface area contributed by atoms with Gasteiger partial charge in [-0.2, -0.15) is 0 Å². The van der Waals surface area contributed by atoms with Crippen molar-refractivity contribution in [2.45, 2.75) is 88.5 Å². The van der Waals surface area contributed by atoms with Crippen LogP contribution in [0.1, 0.15) is 88.5 Å². The second-order valence-corrected chi connectivity index (χ2v) is 4.96. The molecule has 1 nitrogen and oxygen atoms in total. The molecule has 0 fully saturated rings. The van der Waals surface area contributed by atoms with Gasteiger partial charge in [0.05, 0.1) is 0 Å². The van der Waals surface area contributed by atoms with Crippen molar-refractivity contribution in [2.24, 2.45) is 11.1 Å². The van der Waals surface area contributed by atoms with Crippen LogP contribution in [0.2, 0.25) is 0 Å². The van der Waals surface area contributed by atoms with Crippen molar-refractivity contribution in [3.8, 4) is 0 Å². The minimum Gasteiger partial charge on any atom is -0.330 e. The van der Waals surface area contributed by atoms with Gasteiger partial charge in [0, 0.05) is 0 Å². The van der Waals surface area contributed by atoms with Crippen molar-refractivity contribution in [3.63, 3.8) is 0 Å². The highest BCUT2D eigenvalue weighted by Gasteiger charge is 2.16. The van der Waals surface area contributed by atoms with E-state index in [1.165, 1.54) is 12.0 Å². The smallest absolute Gasteiger partial charge is 0.00228 e. The van der Waals surface area contributed by atoms with Crippen molar-refractivity contribution in [1.82, 2.24) is 0 Å². The first kappa shape index (κ1) is 27.7. The second-order valence-electron chi connectivity index (χ2n) is 4.96. The molecule has 124 valence electrons. The summed E-state index contributed by atoms with van der Waals surface area (Å²) in [6.07, 6.45) is 9.84. The zero-order valence-corrected chi connectivity index (χ0v) is 16.1. The molecule has 0 bridgehead atoms. The third kappa shape index (κ3) is 26.1. The summed E-state index contributed by atoms with van der Waals surface area (Å²) in [4.78, 5) is 0. The summed E-state index contributed by atoms with van der Waals surface area (Å²) < 4.78 is 0. The molecule has 0 radical (unpaired) electrons. The first-order valence-electron chi connectivity index (χ1n) is 8.48. The molecule has 0 atom stereocenters. The summed E-state index contributed by atoms with van der Waals surface area (Å²) in [5.74, 6) is 0. The van der Waals surface area contributed by atoms with Crippen molar-refractivity contribution >= 4 is 0 Å². The summed E-state index contributed by atoms with van der Waals surface area (Å²) >= 11 is 0. The average molecular weight is 286 g/mol. The van der Waals surface area contributed by atoms with Gasteiger partial charge < -0.3 is 5.73 Å². The topological polar surface area (TPSA) is 26.0 Å². The minimum atomic E-state index is 0.240. The van der Waals surface area contributed by atoms with Gasteiger partial charge in [-0.15, -0.1) is 0 Å². The van der Waals surface area contributed by atoms with E-state index in [1.807, 2.05) is 34.6 Å². The van der Waals surface area contributed by atoms with Gasteiger partial charge in [0.1, 0.15) is 0 Å². The van der Waals surface area contributed by atoms with Gasteiger partial charge in [-0.05, 0) is 31.7 Å². The van der Waals surface area contributed by atoms with Gasteiger partial charge in [0.25, 0.3) is 0 Å². The van der Waals surface area contributed by atoms with Crippen LogP contribution in [0.4, 0.5) is 0 Å². The van der Waals surface area contributed by atoms with Gasteiger partial charge in [0.2, 0.25) is 0 Å². The maximum Gasteiger partial charge on any atom is -0.00228 e. The highest BCUT2D eigenvalue weighted by molar-refractivity contribution is 5.13. The molecule has 0 spiro atoms. The number of hydrogen-bond donors (Lipinski definition) is 1. The van der Waals surface area contributed by atoms with Crippen LogP contribution in [0, 0.1) is 5.41 Å². The van der Waals surface area contributed by atoms with E-state index in [2.05, 4.69) is 52.8 Å². The van der Waals surface area contributed by atoms with Crippen molar-refractivity contribution < 1.29 is 0 Å². The van der Waals surface area contributed by atoms with Gasteiger partial charge in [-0.25, -0.2) is 0 Å². The first-order valence-corrected chi connectivity index (χ1v) is 8.48. The maximum absolute atomic E-state index is 5.69. The molecular formula is C19H43N.